The van der Waals surface area contributed by atoms with Crippen molar-refractivity contribution in [2.45, 2.75) is 16.1 Å². The number of thioether (sulfide) groups is 1. The van der Waals surface area contributed by atoms with Crippen molar-refractivity contribution in [1.29, 1.82) is 0 Å². The topological polar surface area (TPSA) is 20.3 Å². The summed E-state index contributed by atoms with van der Waals surface area (Å²) >= 11 is 0.641. The van der Waals surface area contributed by atoms with Crippen molar-refractivity contribution < 1.29 is 13.6 Å². The van der Waals surface area contributed by atoms with Gasteiger partial charge in [-0.05, 0) is 12.1 Å². The smallest absolute Gasteiger partial charge is 0.274 e. The minimum absolute atomic E-state index is 0.185. The van der Waals surface area contributed by atoms with E-state index in [-0.39, 0.29) is 6.54 Å². The second-order valence-electron chi connectivity index (χ2n) is 3.71. The van der Waals surface area contributed by atoms with Crippen LogP contribution in [0.25, 0.3) is 0 Å². The minimum Gasteiger partial charge on any atom is -0.339 e. The molecule has 1 aromatic carbocycles. The third kappa shape index (κ3) is 1.80. The number of alkyl halides is 2. The Morgan fingerprint density at radius 1 is 1.44 bits per heavy atom. The molecule has 0 bridgehead atoms. The lowest BCUT2D eigenvalue weighted by molar-refractivity contribution is -0.132. The molecule has 0 saturated carbocycles. The molecular formula is C11H11F2NOS. The normalized spacial score (nSPS) is 29.8. The highest BCUT2D eigenvalue weighted by Gasteiger charge is 2.55. The van der Waals surface area contributed by atoms with Crippen molar-refractivity contribution >= 4 is 17.7 Å². The van der Waals surface area contributed by atoms with Crippen molar-refractivity contribution in [3.8, 4) is 0 Å². The second-order valence-corrected chi connectivity index (χ2v) is 4.98. The molecule has 86 valence electrons. The second kappa shape index (κ2) is 4.05. The first-order valence-corrected chi connectivity index (χ1v) is 5.68. The molecule has 5 heteroatoms. The van der Waals surface area contributed by atoms with Gasteiger partial charge in [-0.15, -0.1) is 0 Å². The van der Waals surface area contributed by atoms with Crippen LogP contribution in [0.4, 0.5) is 8.78 Å². The quantitative estimate of drug-likeness (QED) is 0.794. The largest absolute Gasteiger partial charge is 0.339 e. The number of halogens is 2. The first-order chi connectivity index (χ1) is 7.54. The van der Waals surface area contributed by atoms with Gasteiger partial charge in [-0.1, -0.05) is 30.0 Å². The maximum Gasteiger partial charge on any atom is 0.274 e. The highest BCUT2D eigenvalue weighted by atomic mass is 32.2. The third-order valence-electron chi connectivity index (χ3n) is 2.48. The molecule has 16 heavy (non-hydrogen) atoms. The Hall–Kier alpha value is -1.10. The number of rotatable bonds is 2. The zero-order chi connectivity index (χ0) is 11.8. The number of benzene rings is 1. The molecule has 0 unspecified atom stereocenters. The fourth-order valence-corrected chi connectivity index (χ4v) is 2.68. The van der Waals surface area contributed by atoms with Crippen LogP contribution in [0, 0.1) is 0 Å². The van der Waals surface area contributed by atoms with E-state index < -0.39 is 17.1 Å². The van der Waals surface area contributed by atoms with E-state index in [0.29, 0.717) is 16.7 Å². The molecule has 2 rings (SSSR count). The van der Waals surface area contributed by atoms with Crippen molar-refractivity contribution in [3.63, 3.8) is 0 Å². The Labute approximate surface area is 96.6 Å². The van der Waals surface area contributed by atoms with E-state index >= 15 is 0 Å². The summed E-state index contributed by atoms with van der Waals surface area (Å²) in [4.78, 5) is 13.2. The van der Waals surface area contributed by atoms with E-state index in [4.69, 9.17) is 0 Å². The number of hydrogen-bond donors (Lipinski definition) is 0. The number of nitrogens with zero attached hydrogens (tertiary/aromatic N) is 1. The highest BCUT2D eigenvalue weighted by molar-refractivity contribution is 8.01. The van der Waals surface area contributed by atoms with Crippen LogP contribution in [0.15, 0.2) is 35.2 Å². The lowest BCUT2D eigenvalue weighted by Crippen LogP contribution is -2.35. The van der Waals surface area contributed by atoms with Crippen molar-refractivity contribution in [2.24, 2.45) is 0 Å². The van der Waals surface area contributed by atoms with Crippen LogP contribution >= 0.6 is 11.8 Å². The number of carbonyl (C=O) groups excluding carboxylic acids is 1. The molecule has 2 atom stereocenters. The van der Waals surface area contributed by atoms with Crippen LogP contribution in [0.5, 0.6) is 0 Å². The van der Waals surface area contributed by atoms with Crippen LogP contribution in [0.2, 0.25) is 0 Å². The summed E-state index contributed by atoms with van der Waals surface area (Å²) in [6, 6.07) is 8.54. The molecule has 0 aliphatic carbocycles. The van der Waals surface area contributed by atoms with E-state index in [0.717, 1.165) is 4.90 Å². The molecule has 0 spiro atoms. The summed E-state index contributed by atoms with van der Waals surface area (Å²) in [5.74, 6) is -0.797. The van der Waals surface area contributed by atoms with Gasteiger partial charge in [0.05, 0.1) is 6.54 Å². The maximum atomic E-state index is 14.2. The first kappa shape index (κ1) is 11.4. The lowest BCUT2D eigenvalue weighted by atomic mass is 10.3. The predicted molar refractivity (Wildman–Crippen MR) is 58.7 cm³/mol. The molecule has 0 aromatic heterocycles. The van der Waals surface area contributed by atoms with E-state index in [1.54, 1.807) is 30.3 Å². The molecule has 2 nitrogen and oxygen atoms in total. The Morgan fingerprint density at radius 3 is 2.56 bits per heavy atom. The van der Waals surface area contributed by atoms with Crippen LogP contribution < -0.4 is 0 Å². The van der Waals surface area contributed by atoms with Crippen LogP contribution in [-0.4, -0.2) is 35.6 Å². The van der Waals surface area contributed by atoms with Gasteiger partial charge in [0, 0.05) is 11.9 Å². The van der Waals surface area contributed by atoms with Gasteiger partial charge in [0.15, 0.2) is 6.17 Å². The summed E-state index contributed by atoms with van der Waals surface area (Å²) in [7, 11) is 1.40. The Morgan fingerprint density at radius 2 is 2.06 bits per heavy atom. The predicted octanol–water partition coefficient (Wildman–Crippen LogP) is 2.25. The first-order valence-electron chi connectivity index (χ1n) is 4.86. The van der Waals surface area contributed by atoms with Gasteiger partial charge in [0.2, 0.25) is 0 Å². The number of amides is 1. The van der Waals surface area contributed by atoms with Crippen LogP contribution in [0.1, 0.15) is 0 Å². The number of likely N-dealkylation sites (tertiary alicyclic amines) is 1. The molecule has 1 fully saturated rings. The van der Waals surface area contributed by atoms with Gasteiger partial charge in [0.25, 0.3) is 10.9 Å². The van der Waals surface area contributed by atoms with Crippen LogP contribution in [-0.2, 0) is 4.79 Å². The van der Waals surface area contributed by atoms with Crippen molar-refractivity contribution in [1.82, 2.24) is 4.90 Å². The fraction of sp³-hybridized carbons (Fsp3) is 0.364. The number of hydrogen-bond acceptors (Lipinski definition) is 2. The molecule has 1 aliphatic rings. The molecule has 1 saturated heterocycles. The van der Waals surface area contributed by atoms with Gasteiger partial charge >= 0.3 is 0 Å². The Kier molecular flexibility index (Phi) is 2.88. The standard InChI is InChI=1S/C11H11F2NOS/c1-14-7-9(12)11(13,10(14)15)16-8-5-3-2-4-6-8/h2-6,9H,7H2,1H3/t9-,11+/m1/s1. The summed E-state index contributed by atoms with van der Waals surface area (Å²) in [6.45, 7) is -0.185. The lowest BCUT2D eigenvalue weighted by Gasteiger charge is -2.18. The van der Waals surface area contributed by atoms with Gasteiger partial charge < -0.3 is 4.90 Å². The third-order valence-corrected chi connectivity index (χ3v) is 3.72. The molecule has 1 heterocycles. The van der Waals surface area contributed by atoms with Gasteiger partial charge in [-0.3, -0.25) is 4.79 Å². The van der Waals surface area contributed by atoms with Gasteiger partial charge in [-0.25, -0.2) is 8.78 Å². The van der Waals surface area contributed by atoms with Gasteiger partial charge in [0.1, 0.15) is 0 Å². The highest BCUT2D eigenvalue weighted by Crippen LogP contribution is 2.43. The van der Waals surface area contributed by atoms with E-state index in [9.17, 15) is 13.6 Å². The molecular weight excluding hydrogens is 232 g/mol. The van der Waals surface area contributed by atoms with Gasteiger partial charge in [-0.2, -0.15) is 0 Å². The molecule has 0 radical (unpaired) electrons. The molecule has 1 aliphatic heterocycles. The summed E-state index contributed by atoms with van der Waals surface area (Å²) < 4.78 is 27.7. The number of carbonyl (C=O) groups is 1. The molecule has 1 amide bonds. The minimum atomic E-state index is -2.48. The SMILES string of the molecule is CN1C[C@@H](F)[C@](F)(Sc2ccccc2)C1=O. The van der Waals surface area contributed by atoms with E-state index in [1.165, 1.54) is 7.05 Å². The fourth-order valence-electron chi connectivity index (χ4n) is 1.60. The van der Waals surface area contributed by atoms with E-state index in [1.807, 2.05) is 0 Å². The molecule has 0 N–H and O–H groups in total. The Balaban J connectivity index is 2.23. The molecule has 1 aromatic rings. The zero-order valence-corrected chi connectivity index (χ0v) is 9.51. The monoisotopic (exact) mass is 243 g/mol. The summed E-state index contributed by atoms with van der Waals surface area (Å²) in [5.41, 5.74) is 0. The summed E-state index contributed by atoms with van der Waals surface area (Å²) in [5, 5.41) is -2.48. The average molecular weight is 243 g/mol. The van der Waals surface area contributed by atoms with Crippen molar-refractivity contribution in [3.05, 3.63) is 30.3 Å². The van der Waals surface area contributed by atoms with Crippen LogP contribution in [0.3, 0.4) is 0 Å². The summed E-state index contributed by atoms with van der Waals surface area (Å²) in [6.07, 6.45) is -1.78. The zero-order valence-electron chi connectivity index (χ0n) is 8.69. The van der Waals surface area contributed by atoms with E-state index in [2.05, 4.69) is 0 Å². The average Bonchev–Trinajstić information content (AvgIpc) is 2.45. The Bertz CT molecular complexity index is 400. The van der Waals surface area contributed by atoms with Crippen molar-refractivity contribution in [2.75, 3.05) is 13.6 Å². The maximum absolute atomic E-state index is 14.2.